The van der Waals surface area contributed by atoms with Crippen molar-refractivity contribution < 1.29 is 8.78 Å². The number of hydrogen-bond acceptors (Lipinski definition) is 3. The number of halogens is 2. The fourth-order valence-corrected chi connectivity index (χ4v) is 1.97. The van der Waals surface area contributed by atoms with E-state index in [4.69, 9.17) is 11.0 Å². The van der Waals surface area contributed by atoms with Gasteiger partial charge in [-0.15, -0.1) is 0 Å². The van der Waals surface area contributed by atoms with Crippen molar-refractivity contribution >= 4 is 5.82 Å². The zero-order valence-corrected chi connectivity index (χ0v) is 8.66. The van der Waals surface area contributed by atoms with Gasteiger partial charge in [0, 0.05) is 19.0 Å². The van der Waals surface area contributed by atoms with Crippen LogP contribution in [-0.2, 0) is 0 Å². The molecule has 1 heterocycles. The summed E-state index contributed by atoms with van der Waals surface area (Å²) in [4.78, 5) is 0. The van der Waals surface area contributed by atoms with Gasteiger partial charge in [-0.05, 0) is 12.8 Å². The van der Waals surface area contributed by atoms with Crippen LogP contribution in [0.15, 0.2) is 6.20 Å². The van der Waals surface area contributed by atoms with E-state index in [2.05, 4.69) is 5.10 Å². The Morgan fingerprint density at radius 2 is 2.12 bits per heavy atom. The molecule has 0 aliphatic heterocycles. The Hall–Kier alpha value is -1.64. The molecule has 1 aliphatic carbocycles. The Balaban J connectivity index is 2.12. The third-order valence-corrected chi connectivity index (χ3v) is 2.94. The molecule has 2 rings (SSSR count). The molecular weight excluding hydrogens is 214 g/mol. The van der Waals surface area contributed by atoms with Crippen molar-refractivity contribution in [1.82, 2.24) is 9.78 Å². The highest BCUT2D eigenvalue weighted by atomic mass is 19.3. The summed E-state index contributed by atoms with van der Waals surface area (Å²) in [6.07, 6.45) is 2.03. The molecule has 0 bridgehead atoms. The number of nitrogens with zero attached hydrogens (tertiary/aromatic N) is 3. The van der Waals surface area contributed by atoms with E-state index in [1.54, 1.807) is 4.68 Å². The van der Waals surface area contributed by atoms with Crippen LogP contribution in [0.25, 0.3) is 0 Å². The second-order valence-corrected chi connectivity index (χ2v) is 4.11. The molecule has 0 spiro atoms. The van der Waals surface area contributed by atoms with E-state index in [9.17, 15) is 8.78 Å². The topological polar surface area (TPSA) is 67.6 Å². The Labute approximate surface area is 91.7 Å². The molecule has 4 nitrogen and oxygen atoms in total. The molecule has 1 aromatic heterocycles. The number of alkyl halides is 2. The number of nitrogens with two attached hydrogens (primary N) is 1. The van der Waals surface area contributed by atoms with E-state index < -0.39 is 5.92 Å². The average molecular weight is 226 g/mol. The fourth-order valence-electron chi connectivity index (χ4n) is 1.97. The summed E-state index contributed by atoms with van der Waals surface area (Å²) in [5, 5.41) is 12.7. The summed E-state index contributed by atoms with van der Waals surface area (Å²) in [5.74, 6) is -2.38. The normalized spacial score (nSPS) is 20.6. The van der Waals surface area contributed by atoms with Crippen molar-refractivity contribution in [1.29, 1.82) is 5.26 Å². The largest absolute Gasteiger partial charge is 0.381 e. The van der Waals surface area contributed by atoms with Gasteiger partial charge in [-0.3, -0.25) is 4.68 Å². The predicted octanol–water partition coefficient (Wildman–Crippen LogP) is 2.09. The van der Waals surface area contributed by atoms with Crippen LogP contribution in [-0.4, -0.2) is 15.7 Å². The summed E-state index contributed by atoms with van der Waals surface area (Å²) in [5.41, 5.74) is 5.81. The lowest BCUT2D eigenvalue weighted by Gasteiger charge is -2.28. The van der Waals surface area contributed by atoms with Crippen molar-refractivity contribution in [2.45, 2.75) is 37.6 Å². The molecule has 0 amide bonds. The molecule has 1 aromatic rings. The van der Waals surface area contributed by atoms with Crippen LogP contribution in [0, 0.1) is 11.3 Å². The van der Waals surface area contributed by atoms with Crippen molar-refractivity contribution in [3.05, 3.63) is 11.8 Å². The molecule has 2 N–H and O–H groups in total. The van der Waals surface area contributed by atoms with Crippen LogP contribution in [0.2, 0.25) is 0 Å². The third kappa shape index (κ3) is 1.98. The summed E-state index contributed by atoms with van der Waals surface area (Å²) >= 11 is 0. The number of aromatic nitrogens is 2. The SMILES string of the molecule is N#Cc1cn(C2CCC(F)(F)CC2)nc1N. The van der Waals surface area contributed by atoms with Crippen molar-refractivity contribution in [2.75, 3.05) is 5.73 Å². The molecule has 6 heteroatoms. The third-order valence-electron chi connectivity index (χ3n) is 2.94. The maximum Gasteiger partial charge on any atom is 0.248 e. The zero-order chi connectivity index (χ0) is 11.8. The van der Waals surface area contributed by atoms with Crippen LogP contribution in [0.1, 0.15) is 37.3 Å². The van der Waals surface area contributed by atoms with Crippen LogP contribution >= 0.6 is 0 Å². The lowest BCUT2D eigenvalue weighted by Crippen LogP contribution is -2.26. The van der Waals surface area contributed by atoms with E-state index >= 15 is 0 Å². The minimum atomic E-state index is -2.55. The molecule has 0 saturated heterocycles. The summed E-state index contributed by atoms with van der Waals surface area (Å²) in [6.45, 7) is 0. The number of anilines is 1. The van der Waals surface area contributed by atoms with E-state index in [-0.39, 0.29) is 24.7 Å². The second-order valence-electron chi connectivity index (χ2n) is 4.11. The summed E-state index contributed by atoms with van der Waals surface area (Å²) < 4.78 is 27.4. The quantitative estimate of drug-likeness (QED) is 0.797. The number of nitriles is 1. The number of nitrogen functional groups attached to an aromatic ring is 1. The molecule has 0 aromatic carbocycles. The number of hydrogen-bond donors (Lipinski definition) is 1. The number of rotatable bonds is 1. The Morgan fingerprint density at radius 1 is 1.50 bits per heavy atom. The van der Waals surface area contributed by atoms with E-state index in [0.717, 1.165) is 0 Å². The molecule has 1 fully saturated rings. The first-order valence-corrected chi connectivity index (χ1v) is 5.14. The first-order chi connectivity index (χ1) is 7.52. The van der Waals surface area contributed by atoms with Gasteiger partial charge in [-0.25, -0.2) is 8.78 Å². The molecule has 0 atom stereocenters. The highest BCUT2D eigenvalue weighted by Crippen LogP contribution is 2.38. The van der Waals surface area contributed by atoms with Gasteiger partial charge in [0.1, 0.15) is 11.6 Å². The van der Waals surface area contributed by atoms with Crippen LogP contribution in [0.4, 0.5) is 14.6 Å². The zero-order valence-electron chi connectivity index (χ0n) is 8.66. The monoisotopic (exact) mass is 226 g/mol. The minimum Gasteiger partial charge on any atom is -0.381 e. The summed E-state index contributed by atoms with van der Waals surface area (Å²) in [6, 6.07) is 1.85. The van der Waals surface area contributed by atoms with Crippen molar-refractivity contribution in [3.8, 4) is 6.07 Å². The van der Waals surface area contributed by atoms with Gasteiger partial charge in [-0.2, -0.15) is 10.4 Å². The van der Waals surface area contributed by atoms with Gasteiger partial charge in [0.05, 0.1) is 6.04 Å². The summed E-state index contributed by atoms with van der Waals surface area (Å²) in [7, 11) is 0. The Bertz CT molecular complexity index is 423. The minimum absolute atomic E-state index is 0.0657. The van der Waals surface area contributed by atoms with Gasteiger partial charge in [0.25, 0.3) is 0 Å². The standard InChI is InChI=1S/C10H12F2N4/c11-10(12)3-1-8(2-4-10)16-6-7(5-13)9(14)15-16/h6,8H,1-4H2,(H2,14,15). The smallest absolute Gasteiger partial charge is 0.248 e. The molecule has 86 valence electrons. The molecule has 0 unspecified atom stereocenters. The van der Waals surface area contributed by atoms with Crippen molar-refractivity contribution in [3.63, 3.8) is 0 Å². The molecule has 1 saturated carbocycles. The van der Waals surface area contributed by atoms with Gasteiger partial charge in [-0.1, -0.05) is 0 Å². The molecular formula is C10H12F2N4. The van der Waals surface area contributed by atoms with Crippen molar-refractivity contribution in [2.24, 2.45) is 0 Å². The van der Waals surface area contributed by atoms with Gasteiger partial charge < -0.3 is 5.73 Å². The average Bonchev–Trinajstić information content (AvgIpc) is 2.59. The first-order valence-electron chi connectivity index (χ1n) is 5.14. The van der Waals surface area contributed by atoms with E-state index in [0.29, 0.717) is 18.4 Å². The lowest BCUT2D eigenvalue weighted by molar-refractivity contribution is -0.0449. The van der Waals surface area contributed by atoms with E-state index in [1.807, 2.05) is 6.07 Å². The van der Waals surface area contributed by atoms with E-state index in [1.165, 1.54) is 6.20 Å². The highest BCUT2D eigenvalue weighted by molar-refractivity contribution is 5.46. The maximum atomic E-state index is 12.9. The second kappa shape index (κ2) is 3.74. The van der Waals surface area contributed by atoms with Crippen LogP contribution < -0.4 is 5.73 Å². The molecule has 1 aliphatic rings. The predicted molar refractivity (Wildman–Crippen MR) is 53.8 cm³/mol. The molecule has 0 radical (unpaired) electrons. The Morgan fingerprint density at radius 3 is 2.62 bits per heavy atom. The first kappa shape index (κ1) is 10.9. The van der Waals surface area contributed by atoms with Crippen LogP contribution in [0.5, 0.6) is 0 Å². The highest BCUT2D eigenvalue weighted by Gasteiger charge is 2.35. The van der Waals surface area contributed by atoms with Crippen LogP contribution in [0.3, 0.4) is 0 Å². The fraction of sp³-hybridized carbons (Fsp3) is 0.600. The maximum absolute atomic E-state index is 12.9. The van der Waals surface area contributed by atoms with Gasteiger partial charge in [0.15, 0.2) is 5.82 Å². The lowest BCUT2D eigenvalue weighted by atomic mass is 9.92. The molecule has 16 heavy (non-hydrogen) atoms. The Kier molecular flexibility index (Phi) is 2.54. The van der Waals surface area contributed by atoms with Gasteiger partial charge >= 0.3 is 0 Å². The van der Waals surface area contributed by atoms with Gasteiger partial charge in [0.2, 0.25) is 5.92 Å².